The largest absolute Gasteiger partial charge is 0.508 e. The lowest BCUT2D eigenvalue weighted by atomic mass is 9.63. The molecule has 5 heterocycles. The van der Waals surface area contributed by atoms with E-state index in [0.717, 1.165) is 26.1 Å². The van der Waals surface area contributed by atoms with Crippen LogP contribution < -0.4 is 15.3 Å². The molecule has 4 aliphatic rings. The standard InChI is InChI=1S/C27H22FN3O4.C7H12FN/c1-4-17-19(28)7-6-15-10-16(32)11-18(20(15)17)23-14(2)22-21(25(33)35-23)24(30-26(29-22)34-3)31-12-27(13-31)8-5-9-27;8-6-4-7-2-1-3-9(7)5-6/h1,6-7,10-11,32H,5,8-9,12-13H2,2-3H3;6-7H,1-5H2. The molecule has 10 heteroatoms. The van der Waals surface area contributed by atoms with E-state index in [1.54, 1.807) is 6.92 Å². The first kappa shape index (κ1) is 28.5. The molecule has 8 rings (SSSR count). The van der Waals surface area contributed by atoms with Gasteiger partial charge in [0.15, 0.2) is 5.82 Å². The minimum Gasteiger partial charge on any atom is -0.508 e. The first-order valence-corrected chi connectivity index (χ1v) is 15.1. The van der Waals surface area contributed by atoms with Gasteiger partial charge in [-0.2, -0.15) is 9.97 Å². The quantitative estimate of drug-likeness (QED) is 0.298. The molecule has 2 atom stereocenters. The number of anilines is 1. The van der Waals surface area contributed by atoms with Crippen molar-refractivity contribution in [2.24, 2.45) is 5.41 Å². The van der Waals surface area contributed by atoms with Gasteiger partial charge in [-0.25, -0.2) is 13.6 Å². The summed E-state index contributed by atoms with van der Waals surface area (Å²) in [7, 11) is 1.47. The second-order valence-corrected chi connectivity index (χ2v) is 12.6. The first-order chi connectivity index (χ1) is 21.2. The van der Waals surface area contributed by atoms with Crippen molar-refractivity contribution in [3.63, 3.8) is 0 Å². The summed E-state index contributed by atoms with van der Waals surface area (Å²) in [5.41, 5.74) is 0.924. The molecule has 44 heavy (non-hydrogen) atoms. The lowest BCUT2D eigenvalue weighted by molar-refractivity contribution is 0.0897. The van der Waals surface area contributed by atoms with E-state index in [4.69, 9.17) is 15.6 Å². The van der Waals surface area contributed by atoms with Crippen molar-refractivity contribution in [2.75, 3.05) is 38.2 Å². The molecule has 3 saturated heterocycles. The Labute approximate surface area is 253 Å². The number of alkyl halides is 1. The number of benzene rings is 2. The van der Waals surface area contributed by atoms with Crippen LogP contribution in [0.5, 0.6) is 11.8 Å². The van der Waals surface area contributed by atoms with E-state index >= 15 is 0 Å². The molecule has 4 fully saturated rings. The number of phenolic OH excluding ortho intramolecular Hbond substituents is 1. The third-order valence-corrected chi connectivity index (χ3v) is 9.81. The minimum absolute atomic E-state index is 0.0204. The number of methoxy groups -OCH3 is 1. The van der Waals surface area contributed by atoms with Gasteiger partial charge in [0.05, 0.1) is 18.2 Å². The fraction of sp³-hybridized carbons (Fsp3) is 0.441. The first-order valence-electron chi connectivity index (χ1n) is 15.1. The van der Waals surface area contributed by atoms with Crippen LogP contribution in [0, 0.1) is 30.5 Å². The molecule has 1 N–H and O–H groups in total. The summed E-state index contributed by atoms with van der Waals surface area (Å²) in [4.78, 5) is 26.7. The molecule has 1 spiro atoms. The molecule has 2 aromatic carbocycles. The number of phenols is 1. The number of aromatic nitrogens is 2. The fourth-order valence-corrected chi connectivity index (χ4v) is 7.47. The van der Waals surface area contributed by atoms with Crippen LogP contribution in [-0.2, 0) is 0 Å². The van der Waals surface area contributed by atoms with Gasteiger partial charge in [0, 0.05) is 47.6 Å². The topological polar surface area (TPSA) is 91.9 Å². The number of fused-ring (bicyclic) bond motifs is 3. The number of nitrogens with zero attached hydrogens (tertiary/aromatic N) is 4. The van der Waals surface area contributed by atoms with Crippen molar-refractivity contribution in [1.29, 1.82) is 0 Å². The number of aromatic hydroxyl groups is 1. The molecule has 228 valence electrons. The predicted octanol–water partition coefficient (Wildman–Crippen LogP) is 5.73. The van der Waals surface area contributed by atoms with Gasteiger partial charge in [-0.1, -0.05) is 18.4 Å². The van der Waals surface area contributed by atoms with Crippen molar-refractivity contribution >= 4 is 27.5 Å². The van der Waals surface area contributed by atoms with Crippen LogP contribution in [0.3, 0.4) is 0 Å². The maximum Gasteiger partial charge on any atom is 0.349 e. The Morgan fingerprint density at radius 1 is 1.18 bits per heavy atom. The molecule has 2 unspecified atom stereocenters. The molecule has 3 aliphatic heterocycles. The van der Waals surface area contributed by atoms with Gasteiger partial charge in [0.25, 0.3) is 0 Å². The Morgan fingerprint density at radius 2 is 1.98 bits per heavy atom. The third-order valence-electron chi connectivity index (χ3n) is 9.81. The summed E-state index contributed by atoms with van der Waals surface area (Å²) in [6.45, 7) is 5.26. The number of aryl methyl sites for hydroxylation is 1. The summed E-state index contributed by atoms with van der Waals surface area (Å²) in [6.07, 6.45) is 12.0. The summed E-state index contributed by atoms with van der Waals surface area (Å²) >= 11 is 0. The Hall–Kier alpha value is -4.23. The zero-order valence-electron chi connectivity index (χ0n) is 24.8. The van der Waals surface area contributed by atoms with Gasteiger partial charge >= 0.3 is 11.6 Å². The molecule has 1 saturated carbocycles. The average molecular weight is 601 g/mol. The summed E-state index contributed by atoms with van der Waals surface area (Å²) in [6, 6.07) is 6.41. The lowest BCUT2D eigenvalue weighted by Crippen LogP contribution is -2.60. The van der Waals surface area contributed by atoms with Crippen molar-refractivity contribution in [1.82, 2.24) is 14.9 Å². The SMILES string of the molecule is C#Cc1c(F)ccc2cc(O)cc(-c3oc(=O)c4c(N5CC6(CCC6)C5)nc(OC)nc4c3C)c12.FC1CC2CCCN2C1. The van der Waals surface area contributed by atoms with Gasteiger partial charge in [-0.3, -0.25) is 4.90 Å². The zero-order chi connectivity index (χ0) is 30.7. The van der Waals surface area contributed by atoms with Crippen LogP contribution in [0.25, 0.3) is 33.0 Å². The number of ether oxygens (including phenoxy) is 1. The maximum absolute atomic E-state index is 14.6. The predicted molar refractivity (Wildman–Crippen MR) is 164 cm³/mol. The molecule has 0 radical (unpaired) electrons. The van der Waals surface area contributed by atoms with E-state index in [2.05, 4.69) is 25.7 Å². The second kappa shape index (κ2) is 10.7. The van der Waals surface area contributed by atoms with Gasteiger partial charge in [-0.15, -0.1) is 6.42 Å². The Balaban J connectivity index is 0.000000296. The number of rotatable bonds is 3. The van der Waals surface area contributed by atoms with Crippen LogP contribution >= 0.6 is 0 Å². The van der Waals surface area contributed by atoms with Crippen molar-refractivity contribution in [3.05, 3.63) is 51.6 Å². The van der Waals surface area contributed by atoms with Crippen molar-refractivity contribution in [3.8, 4) is 35.4 Å². The molecule has 8 nitrogen and oxygen atoms in total. The highest BCUT2D eigenvalue weighted by Crippen LogP contribution is 2.50. The highest BCUT2D eigenvalue weighted by molar-refractivity contribution is 6.03. The molecule has 0 amide bonds. The summed E-state index contributed by atoms with van der Waals surface area (Å²) in [5, 5.41) is 11.5. The second-order valence-electron chi connectivity index (χ2n) is 12.6. The van der Waals surface area contributed by atoms with E-state index in [1.807, 2.05) is 0 Å². The molecule has 2 aromatic heterocycles. The van der Waals surface area contributed by atoms with E-state index in [-0.39, 0.29) is 28.5 Å². The van der Waals surface area contributed by atoms with Crippen LogP contribution in [-0.4, -0.2) is 65.5 Å². The Kier molecular flexibility index (Phi) is 6.96. The normalized spacial score (nSPS) is 21.8. The number of hydrogen-bond donors (Lipinski definition) is 1. The van der Waals surface area contributed by atoms with Crippen LogP contribution in [0.2, 0.25) is 0 Å². The molecular formula is C34H34F2N4O4. The minimum atomic E-state index is -0.622. The summed E-state index contributed by atoms with van der Waals surface area (Å²) < 4.78 is 38.4. The van der Waals surface area contributed by atoms with E-state index in [9.17, 15) is 18.7 Å². The monoisotopic (exact) mass is 600 g/mol. The molecular weight excluding hydrogens is 566 g/mol. The Bertz CT molecular complexity index is 1880. The van der Waals surface area contributed by atoms with E-state index in [1.165, 1.54) is 63.5 Å². The van der Waals surface area contributed by atoms with Crippen molar-refractivity contribution < 1.29 is 23.0 Å². The smallest absolute Gasteiger partial charge is 0.349 e. The van der Waals surface area contributed by atoms with E-state index < -0.39 is 17.6 Å². The lowest BCUT2D eigenvalue weighted by Gasteiger charge is -2.56. The van der Waals surface area contributed by atoms with E-state index in [0.29, 0.717) is 51.2 Å². The van der Waals surface area contributed by atoms with Crippen LogP contribution in [0.1, 0.15) is 49.7 Å². The zero-order valence-corrected chi connectivity index (χ0v) is 24.8. The maximum atomic E-state index is 14.6. The van der Waals surface area contributed by atoms with Gasteiger partial charge in [0.2, 0.25) is 0 Å². The summed E-state index contributed by atoms with van der Waals surface area (Å²) in [5.74, 6) is 2.37. The molecule has 1 aliphatic carbocycles. The van der Waals surface area contributed by atoms with Gasteiger partial charge < -0.3 is 19.2 Å². The highest BCUT2D eigenvalue weighted by atomic mass is 19.1. The average Bonchev–Trinajstić information content (AvgIpc) is 3.54. The van der Waals surface area contributed by atoms with Gasteiger partial charge in [0.1, 0.15) is 28.9 Å². The van der Waals surface area contributed by atoms with Crippen LogP contribution in [0.15, 0.2) is 33.5 Å². The highest BCUT2D eigenvalue weighted by Gasteiger charge is 2.48. The fourth-order valence-electron chi connectivity index (χ4n) is 7.47. The number of hydrogen-bond acceptors (Lipinski definition) is 8. The number of terminal acetylenes is 1. The Morgan fingerprint density at radius 3 is 2.66 bits per heavy atom. The third kappa shape index (κ3) is 4.65. The molecule has 4 aromatic rings. The van der Waals surface area contributed by atoms with Crippen LogP contribution in [0.4, 0.5) is 14.6 Å². The number of halogens is 2. The van der Waals surface area contributed by atoms with Gasteiger partial charge in [-0.05, 0) is 69.2 Å². The molecule has 0 bridgehead atoms. The van der Waals surface area contributed by atoms with Crippen molar-refractivity contribution in [2.45, 2.75) is 57.7 Å².